The van der Waals surface area contributed by atoms with Crippen molar-refractivity contribution in [2.45, 2.75) is 43.7 Å². The third-order valence-electron chi connectivity index (χ3n) is 4.84. The number of carbonyl (C=O) groups is 1. The quantitative estimate of drug-likeness (QED) is 0.842. The minimum absolute atomic E-state index is 0.0624. The van der Waals surface area contributed by atoms with Gasteiger partial charge in [-0.2, -0.15) is 4.31 Å². The highest BCUT2D eigenvalue weighted by Gasteiger charge is 2.37. The molecule has 0 aromatic heterocycles. The first-order chi connectivity index (χ1) is 12.8. The zero-order valence-electron chi connectivity index (χ0n) is 15.4. The number of rotatable bonds is 4. The fourth-order valence-electron chi connectivity index (χ4n) is 3.48. The average Bonchev–Trinajstić information content (AvgIpc) is 2.62. The molecular weight excluding hydrogens is 384 g/mol. The van der Waals surface area contributed by atoms with Gasteiger partial charge in [0.15, 0.2) is 0 Å². The van der Waals surface area contributed by atoms with Crippen molar-refractivity contribution in [1.29, 1.82) is 0 Å². The van der Waals surface area contributed by atoms with Gasteiger partial charge < -0.3 is 5.32 Å². The number of aryl methyl sites for hydroxylation is 1. The Morgan fingerprint density at radius 2 is 1.74 bits per heavy atom. The molecule has 2 aromatic rings. The first-order valence-corrected chi connectivity index (χ1v) is 10.7. The molecule has 1 N–H and O–H groups in total. The minimum Gasteiger partial charge on any atom is -0.353 e. The maximum Gasteiger partial charge on any atom is 0.243 e. The van der Waals surface area contributed by atoms with E-state index in [1.165, 1.54) is 6.92 Å². The molecule has 144 valence electrons. The molecule has 1 fully saturated rings. The van der Waals surface area contributed by atoms with Crippen LogP contribution >= 0.6 is 11.6 Å². The molecule has 0 aliphatic carbocycles. The topological polar surface area (TPSA) is 66.5 Å². The predicted octanol–water partition coefficient (Wildman–Crippen LogP) is 3.68. The van der Waals surface area contributed by atoms with E-state index >= 15 is 0 Å². The van der Waals surface area contributed by atoms with Gasteiger partial charge in [0, 0.05) is 24.5 Å². The number of piperidine rings is 1. The number of nitrogens with zero attached hydrogens (tertiary/aromatic N) is 1. The number of sulfonamides is 1. The van der Waals surface area contributed by atoms with Crippen molar-refractivity contribution in [1.82, 2.24) is 9.62 Å². The van der Waals surface area contributed by atoms with Gasteiger partial charge in [0.2, 0.25) is 15.9 Å². The monoisotopic (exact) mass is 406 g/mol. The number of hydrogen-bond donors (Lipinski definition) is 1. The lowest BCUT2D eigenvalue weighted by Gasteiger charge is -2.39. The second-order valence-electron chi connectivity index (χ2n) is 6.92. The predicted molar refractivity (Wildman–Crippen MR) is 106 cm³/mol. The normalized spacial score (nSPS) is 21.0. The van der Waals surface area contributed by atoms with E-state index in [0.29, 0.717) is 24.4 Å². The van der Waals surface area contributed by atoms with Crippen molar-refractivity contribution in [3.05, 3.63) is 64.7 Å². The molecule has 1 aliphatic rings. The Balaban J connectivity index is 1.97. The SMILES string of the molecule is CC(=O)N[C@H]1CCN(S(=O)(=O)c2ccc(C)cc2)[C@H](c2ccc(Cl)cc2)C1. The van der Waals surface area contributed by atoms with Gasteiger partial charge in [-0.25, -0.2) is 8.42 Å². The number of benzene rings is 2. The molecule has 0 bridgehead atoms. The summed E-state index contributed by atoms with van der Waals surface area (Å²) in [5.74, 6) is -0.107. The van der Waals surface area contributed by atoms with Crippen LogP contribution in [-0.4, -0.2) is 31.2 Å². The molecule has 0 saturated carbocycles. The van der Waals surface area contributed by atoms with Crippen molar-refractivity contribution < 1.29 is 13.2 Å². The van der Waals surface area contributed by atoms with Crippen molar-refractivity contribution in [3.63, 3.8) is 0 Å². The van der Waals surface area contributed by atoms with Crippen molar-refractivity contribution >= 4 is 27.5 Å². The van der Waals surface area contributed by atoms with E-state index in [1.54, 1.807) is 40.7 Å². The van der Waals surface area contributed by atoms with Gasteiger partial charge in [-0.3, -0.25) is 4.79 Å². The highest BCUT2D eigenvalue weighted by atomic mass is 35.5. The molecule has 27 heavy (non-hydrogen) atoms. The fourth-order valence-corrected chi connectivity index (χ4v) is 5.25. The average molecular weight is 407 g/mol. The minimum atomic E-state index is -3.65. The second-order valence-corrected chi connectivity index (χ2v) is 9.24. The molecule has 1 heterocycles. The highest BCUT2D eigenvalue weighted by Crippen LogP contribution is 2.36. The summed E-state index contributed by atoms with van der Waals surface area (Å²) in [6.07, 6.45) is 1.10. The van der Waals surface area contributed by atoms with Gasteiger partial charge in [0.25, 0.3) is 0 Å². The maximum atomic E-state index is 13.3. The fraction of sp³-hybridized carbons (Fsp3) is 0.350. The lowest BCUT2D eigenvalue weighted by molar-refractivity contribution is -0.120. The molecule has 2 aromatic carbocycles. The van der Waals surface area contributed by atoms with E-state index < -0.39 is 10.0 Å². The van der Waals surface area contributed by atoms with Gasteiger partial charge in [0.05, 0.1) is 10.9 Å². The van der Waals surface area contributed by atoms with Crippen LogP contribution in [0.5, 0.6) is 0 Å². The number of hydrogen-bond acceptors (Lipinski definition) is 3. The summed E-state index contributed by atoms with van der Waals surface area (Å²) < 4.78 is 28.1. The van der Waals surface area contributed by atoms with Crippen LogP contribution in [0.3, 0.4) is 0 Å². The largest absolute Gasteiger partial charge is 0.353 e. The Morgan fingerprint density at radius 3 is 2.33 bits per heavy atom. The van der Waals surface area contributed by atoms with E-state index in [1.807, 2.05) is 19.1 Å². The van der Waals surface area contributed by atoms with Crippen LogP contribution < -0.4 is 5.32 Å². The summed E-state index contributed by atoms with van der Waals surface area (Å²) in [5.41, 5.74) is 1.87. The summed E-state index contributed by atoms with van der Waals surface area (Å²) >= 11 is 6.00. The first kappa shape index (κ1) is 19.9. The summed E-state index contributed by atoms with van der Waals surface area (Å²) in [6, 6.07) is 13.7. The standard InChI is InChI=1S/C20H23ClN2O3S/c1-14-3-9-19(10-4-14)27(25,26)23-12-11-18(22-15(2)24)13-20(23)16-5-7-17(21)8-6-16/h3-10,18,20H,11-13H2,1-2H3,(H,22,24)/t18-,20-/m0/s1. The van der Waals surface area contributed by atoms with E-state index in [0.717, 1.165) is 11.1 Å². The molecule has 3 rings (SSSR count). The molecule has 7 heteroatoms. The maximum absolute atomic E-state index is 13.3. The van der Waals surface area contributed by atoms with Gasteiger partial charge in [0.1, 0.15) is 0 Å². The Morgan fingerprint density at radius 1 is 1.11 bits per heavy atom. The van der Waals surface area contributed by atoms with Crippen LogP contribution in [0.2, 0.25) is 5.02 Å². The Labute approximate surface area is 165 Å². The number of nitrogens with one attached hydrogen (secondary N) is 1. The summed E-state index contributed by atoms with van der Waals surface area (Å²) in [7, 11) is -3.65. The van der Waals surface area contributed by atoms with Crippen LogP contribution in [0.15, 0.2) is 53.4 Å². The van der Waals surface area contributed by atoms with Crippen LogP contribution in [0.25, 0.3) is 0 Å². The molecule has 2 atom stereocenters. The van der Waals surface area contributed by atoms with Gasteiger partial charge in [-0.1, -0.05) is 41.4 Å². The van der Waals surface area contributed by atoms with Gasteiger partial charge in [-0.15, -0.1) is 0 Å². The summed E-state index contributed by atoms with van der Waals surface area (Å²) in [6.45, 7) is 3.74. The van der Waals surface area contributed by atoms with Crippen LogP contribution in [0.1, 0.15) is 36.9 Å². The molecule has 5 nitrogen and oxygen atoms in total. The molecule has 1 amide bonds. The molecule has 1 saturated heterocycles. The molecule has 0 spiro atoms. The zero-order valence-corrected chi connectivity index (χ0v) is 16.9. The Bertz CT molecular complexity index is 911. The smallest absolute Gasteiger partial charge is 0.243 e. The first-order valence-electron chi connectivity index (χ1n) is 8.88. The van der Waals surface area contributed by atoms with Crippen LogP contribution in [0.4, 0.5) is 0 Å². The number of amides is 1. The van der Waals surface area contributed by atoms with Gasteiger partial charge >= 0.3 is 0 Å². The van der Waals surface area contributed by atoms with Crippen molar-refractivity contribution in [2.75, 3.05) is 6.54 Å². The van der Waals surface area contributed by atoms with Crippen molar-refractivity contribution in [3.8, 4) is 0 Å². The third-order valence-corrected chi connectivity index (χ3v) is 7.02. The lowest BCUT2D eigenvalue weighted by atomic mass is 9.94. The van der Waals surface area contributed by atoms with Crippen LogP contribution in [-0.2, 0) is 14.8 Å². The lowest BCUT2D eigenvalue weighted by Crippen LogP contribution is -2.47. The highest BCUT2D eigenvalue weighted by molar-refractivity contribution is 7.89. The van der Waals surface area contributed by atoms with Gasteiger partial charge in [-0.05, 0) is 49.6 Å². The second kappa shape index (κ2) is 8.00. The summed E-state index contributed by atoms with van der Waals surface area (Å²) in [5, 5.41) is 3.52. The van der Waals surface area contributed by atoms with E-state index in [2.05, 4.69) is 5.32 Å². The molecule has 0 unspecified atom stereocenters. The number of carbonyl (C=O) groups excluding carboxylic acids is 1. The Hall–Kier alpha value is -1.89. The molecule has 0 radical (unpaired) electrons. The van der Waals surface area contributed by atoms with E-state index in [4.69, 9.17) is 11.6 Å². The summed E-state index contributed by atoms with van der Waals surface area (Å²) in [4.78, 5) is 11.8. The Kier molecular flexibility index (Phi) is 5.89. The number of halogens is 1. The third kappa shape index (κ3) is 4.51. The van der Waals surface area contributed by atoms with Crippen LogP contribution in [0, 0.1) is 6.92 Å². The van der Waals surface area contributed by atoms with E-state index in [9.17, 15) is 13.2 Å². The molecular formula is C20H23ClN2O3S. The van der Waals surface area contributed by atoms with E-state index in [-0.39, 0.29) is 22.9 Å². The van der Waals surface area contributed by atoms with Crippen molar-refractivity contribution in [2.24, 2.45) is 0 Å². The zero-order chi connectivity index (χ0) is 19.6. The molecule has 1 aliphatic heterocycles.